The smallest absolute Gasteiger partial charge is 0.125 e. The fraction of sp³-hybridized carbons (Fsp3) is 0.368. The molecule has 0 bridgehead atoms. The molecule has 0 amide bonds. The summed E-state index contributed by atoms with van der Waals surface area (Å²) in [6, 6.07) is 18.6. The Morgan fingerprint density at radius 2 is 1.57 bits per heavy atom. The van der Waals surface area contributed by atoms with Gasteiger partial charge in [0.25, 0.3) is 0 Å². The lowest BCUT2D eigenvalue weighted by molar-refractivity contribution is 0.193. The first-order chi connectivity index (χ1) is 10.0. The topological polar surface area (TPSA) is 35.2 Å². The predicted octanol–water partition coefficient (Wildman–Crippen LogP) is 4.45. The monoisotopic (exact) mass is 283 g/mol. The first-order valence-electron chi connectivity index (χ1n) is 7.53. The molecule has 0 aliphatic heterocycles. The van der Waals surface area contributed by atoms with Crippen LogP contribution in [0.5, 0.6) is 5.75 Å². The highest BCUT2D eigenvalue weighted by atomic mass is 16.5. The highest BCUT2D eigenvalue weighted by Crippen LogP contribution is 2.34. The van der Waals surface area contributed by atoms with Crippen molar-refractivity contribution in [2.24, 2.45) is 5.73 Å². The fourth-order valence-corrected chi connectivity index (χ4v) is 2.45. The van der Waals surface area contributed by atoms with Crippen molar-refractivity contribution in [3.05, 3.63) is 65.7 Å². The van der Waals surface area contributed by atoms with Crippen LogP contribution in [0.1, 0.15) is 44.4 Å². The van der Waals surface area contributed by atoms with Crippen LogP contribution in [0.3, 0.4) is 0 Å². The van der Waals surface area contributed by atoms with Crippen molar-refractivity contribution in [2.45, 2.75) is 38.7 Å². The summed E-state index contributed by atoms with van der Waals surface area (Å²) in [6.07, 6.45) is 0.808. The lowest BCUT2D eigenvalue weighted by Crippen LogP contribution is -2.17. The number of nitrogens with two attached hydrogens (primary N) is 1. The molecule has 2 aromatic carbocycles. The summed E-state index contributed by atoms with van der Waals surface area (Å²) >= 11 is 0. The van der Waals surface area contributed by atoms with Gasteiger partial charge in [-0.15, -0.1) is 0 Å². The molecular formula is C19H25NO. The molecule has 2 rings (SSSR count). The number of ether oxygens (including phenoxy) is 1. The van der Waals surface area contributed by atoms with Crippen LogP contribution in [-0.4, -0.2) is 6.54 Å². The van der Waals surface area contributed by atoms with Gasteiger partial charge in [0.05, 0.1) is 0 Å². The van der Waals surface area contributed by atoms with Crippen molar-refractivity contribution in [3.8, 4) is 5.75 Å². The van der Waals surface area contributed by atoms with E-state index in [0.717, 1.165) is 12.2 Å². The molecule has 1 atom stereocenters. The summed E-state index contributed by atoms with van der Waals surface area (Å²) in [5.41, 5.74) is 8.22. The fourth-order valence-electron chi connectivity index (χ4n) is 2.45. The number of hydrogen-bond donors (Lipinski definition) is 1. The average molecular weight is 283 g/mol. The quantitative estimate of drug-likeness (QED) is 0.879. The van der Waals surface area contributed by atoms with Crippen molar-refractivity contribution < 1.29 is 4.74 Å². The van der Waals surface area contributed by atoms with Crippen LogP contribution in [0.15, 0.2) is 54.6 Å². The molecule has 0 aliphatic carbocycles. The van der Waals surface area contributed by atoms with Gasteiger partial charge in [-0.05, 0) is 29.2 Å². The average Bonchev–Trinajstić information content (AvgIpc) is 2.47. The maximum absolute atomic E-state index is 6.32. The van der Waals surface area contributed by atoms with Gasteiger partial charge in [0.1, 0.15) is 11.9 Å². The first kappa shape index (κ1) is 15.6. The van der Waals surface area contributed by atoms with E-state index in [1.807, 2.05) is 30.3 Å². The van der Waals surface area contributed by atoms with E-state index in [2.05, 4.69) is 45.0 Å². The normalized spacial score (nSPS) is 13.0. The summed E-state index contributed by atoms with van der Waals surface area (Å²) < 4.78 is 6.32. The Balaban J connectivity index is 2.30. The minimum atomic E-state index is -0.000278. The Morgan fingerprint density at radius 1 is 0.952 bits per heavy atom. The van der Waals surface area contributed by atoms with E-state index in [4.69, 9.17) is 10.5 Å². The van der Waals surface area contributed by atoms with Crippen LogP contribution >= 0.6 is 0 Å². The SMILES string of the molecule is CC(C)(C)c1ccccc1OC(CCN)c1ccccc1. The van der Waals surface area contributed by atoms with Crippen LogP contribution in [0.4, 0.5) is 0 Å². The zero-order chi connectivity index (χ0) is 15.3. The number of rotatable bonds is 5. The predicted molar refractivity (Wildman–Crippen MR) is 88.6 cm³/mol. The van der Waals surface area contributed by atoms with Crippen molar-refractivity contribution >= 4 is 0 Å². The maximum Gasteiger partial charge on any atom is 0.125 e. The summed E-state index contributed by atoms with van der Waals surface area (Å²) in [5.74, 6) is 0.951. The third-order valence-corrected chi connectivity index (χ3v) is 3.56. The van der Waals surface area contributed by atoms with E-state index in [1.165, 1.54) is 11.1 Å². The second kappa shape index (κ2) is 6.77. The molecule has 2 heteroatoms. The molecule has 0 radical (unpaired) electrons. The van der Waals surface area contributed by atoms with Gasteiger partial charge in [0.2, 0.25) is 0 Å². The van der Waals surface area contributed by atoms with E-state index < -0.39 is 0 Å². The first-order valence-corrected chi connectivity index (χ1v) is 7.53. The van der Waals surface area contributed by atoms with Gasteiger partial charge >= 0.3 is 0 Å². The third-order valence-electron chi connectivity index (χ3n) is 3.56. The molecule has 112 valence electrons. The van der Waals surface area contributed by atoms with Crippen LogP contribution in [0, 0.1) is 0 Å². The van der Waals surface area contributed by atoms with Gasteiger partial charge in [-0.1, -0.05) is 69.3 Å². The second-order valence-corrected chi connectivity index (χ2v) is 6.34. The van der Waals surface area contributed by atoms with Gasteiger partial charge in [-0.3, -0.25) is 0 Å². The minimum absolute atomic E-state index is 0.000278. The van der Waals surface area contributed by atoms with Crippen LogP contribution in [0.2, 0.25) is 0 Å². The van der Waals surface area contributed by atoms with E-state index in [-0.39, 0.29) is 11.5 Å². The largest absolute Gasteiger partial charge is 0.485 e. The standard InChI is InChI=1S/C19H25NO/c1-19(2,3)16-11-7-8-12-18(16)21-17(13-14-20)15-9-5-4-6-10-15/h4-12,17H,13-14,20H2,1-3H3. The molecule has 2 aromatic rings. The molecule has 0 saturated heterocycles. The third kappa shape index (κ3) is 4.08. The van der Waals surface area contributed by atoms with E-state index >= 15 is 0 Å². The van der Waals surface area contributed by atoms with Gasteiger partial charge in [-0.2, -0.15) is 0 Å². The van der Waals surface area contributed by atoms with E-state index in [0.29, 0.717) is 6.54 Å². The molecule has 0 heterocycles. The number of benzene rings is 2. The van der Waals surface area contributed by atoms with Crippen LogP contribution < -0.4 is 10.5 Å². The molecule has 0 aromatic heterocycles. The summed E-state index contributed by atoms with van der Waals surface area (Å²) in [6.45, 7) is 7.22. The van der Waals surface area contributed by atoms with Gasteiger partial charge in [-0.25, -0.2) is 0 Å². The zero-order valence-electron chi connectivity index (χ0n) is 13.2. The van der Waals surface area contributed by atoms with Crippen LogP contribution in [0.25, 0.3) is 0 Å². The zero-order valence-corrected chi connectivity index (χ0v) is 13.2. The van der Waals surface area contributed by atoms with Crippen molar-refractivity contribution in [3.63, 3.8) is 0 Å². The molecule has 0 saturated carbocycles. The van der Waals surface area contributed by atoms with Crippen molar-refractivity contribution in [1.82, 2.24) is 0 Å². The summed E-state index contributed by atoms with van der Waals surface area (Å²) in [5, 5.41) is 0. The lowest BCUT2D eigenvalue weighted by Gasteiger charge is -2.26. The Kier molecular flexibility index (Phi) is 5.03. The van der Waals surface area contributed by atoms with Gasteiger partial charge < -0.3 is 10.5 Å². The highest BCUT2D eigenvalue weighted by molar-refractivity contribution is 5.39. The summed E-state index contributed by atoms with van der Waals surface area (Å²) in [4.78, 5) is 0. The highest BCUT2D eigenvalue weighted by Gasteiger charge is 2.21. The number of hydrogen-bond acceptors (Lipinski definition) is 2. The molecule has 21 heavy (non-hydrogen) atoms. The Labute approximate surface area is 127 Å². The molecule has 0 fully saturated rings. The molecule has 1 unspecified atom stereocenters. The minimum Gasteiger partial charge on any atom is -0.485 e. The molecule has 0 aliphatic rings. The molecule has 2 nitrogen and oxygen atoms in total. The van der Waals surface area contributed by atoms with Crippen molar-refractivity contribution in [1.29, 1.82) is 0 Å². The maximum atomic E-state index is 6.32. The second-order valence-electron chi connectivity index (χ2n) is 6.34. The van der Waals surface area contributed by atoms with E-state index in [9.17, 15) is 0 Å². The molecular weight excluding hydrogens is 258 g/mol. The number of para-hydroxylation sites is 1. The molecule has 2 N–H and O–H groups in total. The summed E-state index contributed by atoms with van der Waals surface area (Å²) in [7, 11) is 0. The Hall–Kier alpha value is -1.80. The van der Waals surface area contributed by atoms with Crippen molar-refractivity contribution in [2.75, 3.05) is 6.54 Å². The lowest BCUT2D eigenvalue weighted by atomic mass is 9.86. The Morgan fingerprint density at radius 3 is 2.19 bits per heavy atom. The van der Waals surface area contributed by atoms with Crippen LogP contribution in [-0.2, 0) is 5.41 Å². The molecule has 0 spiro atoms. The Bertz CT molecular complexity index is 557. The van der Waals surface area contributed by atoms with E-state index in [1.54, 1.807) is 0 Å². The van der Waals surface area contributed by atoms with Gasteiger partial charge in [0, 0.05) is 6.42 Å². The van der Waals surface area contributed by atoms with Gasteiger partial charge in [0.15, 0.2) is 0 Å².